The third-order valence-electron chi connectivity index (χ3n) is 2.32. The van der Waals surface area contributed by atoms with Crippen molar-refractivity contribution in [1.82, 2.24) is 9.97 Å². The molecular formula is C13H18N2O3. The molecule has 1 aromatic heterocycles. The maximum atomic E-state index is 8.62. The molecular weight excluding hydrogens is 232 g/mol. The largest absolute Gasteiger partial charge is 0.480 e. The van der Waals surface area contributed by atoms with Gasteiger partial charge in [-0.15, -0.1) is 0 Å². The van der Waals surface area contributed by atoms with Gasteiger partial charge in [0.2, 0.25) is 11.8 Å². The molecule has 0 aromatic carbocycles. The van der Waals surface area contributed by atoms with Gasteiger partial charge in [-0.2, -0.15) is 0 Å². The van der Waals surface area contributed by atoms with E-state index >= 15 is 0 Å². The molecule has 0 atom stereocenters. The summed E-state index contributed by atoms with van der Waals surface area (Å²) in [5.41, 5.74) is 1.37. The Balaban J connectivity index is 3.17. The van der Waals surface area contributed by atoms with Crippen LogP contribution in [0.5, 0.6) is 11.8 Å². The summed E-state index contributed by atoms with van der Waals surface area (Å²) in [5, 5.41) is 8.62. The van der Waals surface area contributed by atoms with Crippen molar-refractivity contribution in [2.45, 2.75) is 26.2 Å². The first kappa shape index (κ1) is 14.3. The zero-order chi connectivity index (χ0) is 13.5. The minimum atomic E-state index is -0.170. The average Bonchev–Trinajstić information content (AvgIpc) is 2.38. The van der Waals surface area contributed by atoms with Crippen LogP contribution in [-0.4, -0.2) is 35.9 Å². The van der Waals surface area contributed by atoms with E-state index in [0.29, 0.717) is 23.9 Å². The zero-order valence-corrected chi connectivity index (χ0v) is 11.1. The van der Waals surface area contributed by atoms with E-state index in [1.165, 1.54) is 0 Å². The number of hydrogen-bond acceptors (Lipinski definition) is 5. The molecule has 0 saturated heterocycles. The molecule has 0 fully saturated rings. The fourth-order valence-corrected chi connectivity index (χ4v) is 1.46. The third kappa shape index (κ3) is 3.34. The molecule has 1 N–H and O–H groups in total. The van der Waals surface area contributed by atoms with Crippen LogP contribution in [0.3, 0.4) is 0 Å². The van der Waals surface area contributed by atoms with Gasteiger partial charge in [0.1, 0.15) is 18.0 Å². The lowest BCUT2D eigenvalue weighted by Crippen LogP contribution is -2.06. The van der Waals surface area contributed by atoms with Gasteiger partial charge in [-0.25, -0.2) is 9.97 Å². The number of aromatic nitrogens is 2. The van der Waals surface area contributed by atoms with Gasteiger partial charge in [0.15, 0.2) is 0 Å². The molecule has 0 aliphatic heterocycles. The van der Waals surface area contributed by atoms with E-state index in [1.807, 2.05) is 13.8 Å². The fourth-order valence-electron chi connectivity index (χ4n) is 1.46. The van der Waals surface area contributed by atoms with E-state index in [0.717, 1.165) is 5.69 Å². The van der Waals surface area contributed by atoms with Crippen LogP contribution in [-0.2, 0) is 6.42 Å². The van der Waals surface area contributed by atoms with Crippen molar-refractivity contribution >= 4 is 0 Å². The Bertz CT molecular complexity index is 461. The van der Waals surface area contributed by atoms with E-state index in [9.17, 15) is 0 Å². The molecule has 5 nitrogen and oxygen atoms in total. The lowest BCUT2D eigenvalue weighted by atomic mass is 10.1. The Morgan fingerprint density at radius 1 is 1.11 bits per heavy atom. The van der Waals surface area contributed by atoms with E-state index in [2.05, 4.69) is 21.8 Å². The number of hydrogen-bond donors (Lipinski definition) is 1. The monoisotopic (exact) mass is 250 g/mol. The second kappa shape index (κ2) is 6.82. The van der Waals surface area contributed by atoms with Crippen LogP contribution in [0.4, 0.5) is 0 Å². The van der Waals surface area contributed by atoms with Crippen LogP contribution in [0.2, 0.25) is 0 Å². The summed E-state index contributed by atoms with van der Waals surface area (Å²) >= 11 is 0. The summed E-state index contributed by atoms with van der Waals surface area (Å²) in [6.07, 6.45) is 0.367. The second-order valence-electron chi connectivity index (χ2n) is 3.92. The molecule has 0 bridgehead atoms. The maximum Gasteiger partial charge on any atom is 0.236 e. The summed E-state index contributed by atoms with van der Waals surface area (Å²) < 4.78 is 10.4. The minimum Gasteiger partial charge on any atom is -0.480 e. The fraction of sp³-hybridized carbons (Fsp3) is 0.538. The van der Waals surface area contributed by atoms with Gasteiger partial charge in [0.05, 0.1) is 20.6 Å². The summed E-state index contributed by atoms with van der Waals surface area (Å²) in [6, 6.07) is 0. The van der Waals surface area contributed by atoms with Crippen LogP contribution in [0, 0.1) is 11.8 Å². The molecule has 98 valence electrons. The number of nitrogens with zero attached hydrogens (tertiary/aromatic N) is 2. The van der Waals surface area contributed by atoms with Crippen molar-refractivity contribution in [2.24, 2.45) is 0 Å². The highest BCUT2D eigenvalue weighted by Gasteiger charge is 2.16. The Kier molecular flexibility index (Phi) is 5.40. The SMILES string of the molecule is COc1nc(C(C)C)c(OC)nc1CC#CCO. The minimum absolute atomic E-state index is 0.170. The van der Waals surface area contributed by atoms with E-state index in [1.54, 1.807) is 14.2 Å². The second-order valence-corrected chi connectivity index (χ2v) is 3.92. The number of aliphatic hydroxyl groups is 1. The van der Waals surface area contributed by atoms with Crippen molar-refractivity contribution in [2.75, 3.05) is 20.8 Å². The Morgan fingerprint density at radius 3 is 2.28 bits per heavy atom. The Labute approximate surface area is 107 Å². The van der Waals surface area contributed by atoms with Gasteiger partial charge in [-0.1, -0.05) is 25.7 Å². The van der Waals surface area contributed by atoms with E-state index < -0.39 is 0 Å². The summed E-state index contributed by atoms with van der Waals surface area (Å²) in [5.74, 6) is 6.49. The van der Waals surface area contributed by atoms with E-state index in [-0.39, 0.29) is 12.5 Å². The quantitative estimate of drug-likeness (QED) is 0.812. The topological polar surface area (TPSA) is 64.5 Å². The van der Waals surface area contributed by atoms with Crippen LogP contribution >= 0.6 is 0 Å². The van der Waals surface area contributed by atoms with Gasteiger partial charge in [-0.05, 0) is 0 Å². The maximum absolute atomic E-state index is 8.62. The molecule has 0 radical (unpaired) electrons. The first-order valence-corrected chi connectivity index (χ1v) is 5.69. The van der Waals surface area contributed by atoms with Crippen molar-refractivity contribution in [1.29, 1.82) is 0 Å². The van der Waals surface area contributed by atoms with Crippen LogP contribution in [0.1, 0.15) is 31.2 Å². The van der Waals surface area contributed by atoms with Gasteiger partial charge >= 0.3 is 0 Å². The molecule has 0 spiro atoms. The number of methoxy groups -OCH3 is 2. The van der Waals surface area contributed by atoms with Gasteiger partial charge in [-0.3, -0.25) is 0 Å². The molecule has 1 heterocycles. The predicted octanol–water partition coefficient (Wildman–Crippen LogP) is 1.16. The van der Waals surface area contributed by atoms with Crippen molar-refractivity contribution < 1.29 is 14.6 Å². The van der Waals surface area contributed by atoms with Gasteiger partial charge < -0.3 is 14.6 Å². The third-order valence-corrected chi connectivity index (χ3v) is 2.32. The van der Waals surface area contributed by atoms with Gasteiger partial charge in [0, 0.05) is 5.92 Å². The number of ether oxygens (including phenoxy) is 2. The van der Waals surface area contributed by atoms with Crippen LogP contribution < -0.4 is 9.47 Å². The standard InChI is InChI=1S/C13H18N2O3/c1-9(2)11-13(18-4)14-10(7-5-6-8-16)12(15-11)17-3/h9,16H,7-8H2,1-4H3. The Morgan fingerprint density at radius 2 is 1.78 bits per heavy atom. The van der Waals surface area contributed by atoms with Crippen molar-refractivity contribution in [3.63, 3.8) is 0 Å². The lowest BCUT2D eigenvalue weighted by molar-refractivity contribution is 0.350. The zero-order valence-electron chi connectivity index (χ0n) is 11.1. The molecule has 18 heavy (non-hydrogen) atoms. The number of aliphatic hydroxyl groups excluding tert-OH is 1. The first-order chi connectivity index (χ1) is 8.63. The highest BCUT2D eigenvalue weighted by molar-refractivity contribution is 5.32. The molecule has 1 rings (SSSR count). The predicted molar refractivity (Wildman–Crippen MR) is 67.8 cm³/mol. The molecule has 0 aliphatic carbocycles. The molecule has 0 saturated carbocycles. The summed E-state index contributed by atoms with van der Waals surface area (Å²) in [7, 11) is 3.11. The highest BCUT2D eigenvalue weighted by atomic mass is 16.5. The first-order valence-electron chi connectivity index (χ1n) is 5.69. The molecule has 1 aromatic rings. The molecule has 0 aliphatic rings. The molecule has 5 heteroatoms. The summed E-state index contributed by atoms with van der Waals surface area (Å²) in [4.78, 5) is 8.76. The van der Waals surface area contributed by atoms with E-state index in [4.69, 9.17) is 14.6 Å². The van der Waals surface area contributed by atoms with Crippen molar-refractivity contribution in [3.8, 4) is 23.6 Å². The smallest absolute Gasteiger partial charge is 0.236 e. The molecule has 0 amide bonds. The van der Waals surface area contributed by atoms with Crippen LogP contribution in [0.25, 0.3) is 0 Å². The molecule has 0 unspecified atom stereocenters. The Hall–Kier alpha value is -1.80. The van der Waals surface area contributed by atoms with Crippen LogP contribution in [0.15, 0.2) is 0 Å². The van der Waals surface area contributed by atoms with Crippen molar-refractivity contribution in [3.05, 3.63) is 11.4 Å². The normalized spacial score (nSPS) is 9.89. The lowest BCUT2D eigenvalue weighted by Gasteiger charge is -2.13. The highest BCUT2D eigenvalue weighted by Crippen LogP contribution is 2.26. The summed E-state index contributed by atoms with van der Waals surface area (Å²) in [6.45, 7) is 3.85. The average molecular weight is 250 g/mol. The van der Waals surface area contributed by atoms with Gasteiger partial charge in [0.25, 0.3) is 0 Å². The number of rotatable bonds is 4.